The smallest absolute Gasteiger partial charge is 0.159 e. The Morgan fingerprint density at radius 1 is 1.53 bits per heavy atom. The van der Waals surface area contributed by atoms with Crippen LogP contribution >= 0.6 is 0 Å². The van der Waals surface area contributed by atoms with E-state index in [2.05, 4.69) is 17.1 Å². The Bertz CT molecular complexity index is 448. The van der Waals surface area contributed by atoms with E-state index in [0.717, 1.165) is 30.8 Å². The molecule has 2 rings (SSSR count). The Labute approximate surface area is 114 Å². The zero-order valence-corrected chi connectivity index (χ0v) is 11.6. The van der Waals surface area contributed by atoms with Crippen LogP contribution in [-0.2, 0) is 0 Å². The summed E-state index contributed by atoms with van der Waals surface area (Å²) in [6.07, 6.45) is 1.03. The van der Waals surface area contributed by atoms with Crippen molar-refractivity contribution in [3.8, 4) is 0 Å². The third kappa shape index (κ3) is 3.14. The lowest BCUT2D eigenvalue weighted by Gasteiger charge is -2.35. The molecule has 0 amide bonds. The minimum Gasteiger partial charge on any atom is -0.394 e. The highest BCUT2D eigenvalue weighted by molar-refractivity contribution is 5.95. The number of carbonyl (C=O) groups is 1. The van der Waals surface area contributed by atoms with Crippen molar-refractivity contribution in [2.45, 2.75) is 32.4 Å². The normalized spacial score (nSPS) is 24.1. The Balaban J connectivity index is 2.34. The summed E-state index contributed by atoms with van der Waals surface area (Å²) in [6.45, 7) is 5.58. The molecule has 1 saturated heterocycles. The number of rotatable bonds is 3. The molecule has 0 aliphatic carbocycles. The molecular weight excluding hydrogens is 240 g/mol. The van der Waals surface area contributed by atoms with Crippen molar-refractivity contribution in [1.29, 1.82) is 0 Å². The predicted octanol–water partition coefficient (Wildman–Crippen LogP) is 1.44. The number of Topliss-reactive ketones (excluding diaryl/α,β-unsaturated/α-hetero) is 1. The van der Waals surface area contributed by atoms with Gasteiger partial charge in [-0.25, -0.2) is 0 Å². The fourth-order valence-electron chi connectivity index (χ4n) is 2.68. The second-order valence-corrected chi connectivity index (χ2v) is 5.19. The lowest BCUT2D eigenvalue weighted by molar-refractivity contribution is 0.101. The predicted molar refractivity (Wildman–Crippen MR) is 76.7 cm³/mol. The van der Waals surface area contributed by atoms with Gasteiger partial charge >= 0.3 is 0 Å². The number of carbonyl (C=O) groups excluding carboxylic acids is 1. The van der Waals surface area contributed by atoms with Crippen molar-refractivity contribution in [2.75, 3.05) is 24.6 Å². The Hall–Kier alpha value is -1.39. The molecule has 1 aromatic carbocycles. The minimum absolute atomic E-state index is 0.0553. The molecule has 2 N–H and O–H groups in total. The van der Waals surface area contributed by atoms with Gasteiger partial charge in [-0.3, -0.25) is 4.79 Å². The molecule has 1 aromatic rings. The van der Waals surface area contributed by atoms with Gasteiger partial charge in [0.1, 0.15) is 0 Å². The van der Waals surface area contributed by atoms with Crippen molar-refractivity contribution in [2.24, 2.45) is 0 Å². The van der Waals surface area contributed by atoms with E-state index < -0.39 is 0 Å². The van der Waals surface area contributed by atoms with Crippen LogP contribution in [0.3, 0.4) is 0 Å². The number of aliphatic hydroxyl groups is 1. The van der Waals surface area contributed by atoms with Gasteiger partial charge in [-0.2, -0.15) is 0 Å². The summed E-state index contributed by atoms with van der Waals surface area (Å²) >= 11 is 0. The molecule has 2 atom stereocenters. The van der Waals surface area contributed by atoms with Crippen molar-refractivity contribution < 1.29 is 9.90 Å². The topological polar surface area (TPSA) is 52.6 Å². The second kappa shape index (κ2) is 6.17. The van der Waals surface area contributed by atoms with E-state index >= 15 is 0 Å². The summed E-state index contributed by atoms with van der Waals surface area (Å²) in [5.74, 6) is 0.0722. The van der Waals surface area contributed by atoms with E-state index in [4.69, 9.17) is 0 Å². The van der Waals surface area contributed by atoms with Crippen LogP contribution in [0.2, 0.25) is 0 Å². The fraction of sp³-hybridized carbons (Fsp3) is 0.533. The molecule has 1 fully saturated rings. The van der Waals surface area contributed by atoms with Crippen LogP contribution in [0, 0.1) is 0 Å². The van der Waals surface area contributed by atoms with Crippen LogP contribution in [0.25, 0.3) is 0 Å². The van der Waals surface area contributed by atoms with Crippen LogP contribution in [0.1, 0.15) is 30.6 Å². The lowest BCUT2D eigenvalue weighted by atomic mass is 10.1. The first-order valence-corrected chi connectivity index (χ1v) is 6.84. The van der Waals surface area contributed by atoms with Crippen LogP contribution in [0.15, 0.2) is 24.3 Å². The standard InChI is InChI=1S/C15H22N2O2/c1-11-6-7-16-9-15(10-18)17(11)14-5-3-4-13(8-14)12(2)19/h3-5,8,11,15-16,18H,6-7,9-10H2,1-2H3. The highest BCUT2D eigenvalue weighted by Crippen LogP contribution is 2.24. The maximum atomic E-state index is 11.5. The van der Waals surface area contributed by atoms with Crippen molar-refractivity contribution in [1.82, 2.24) is 5.32 Å². The summed E-state index contributed by atoms with van der Waals surface area (Å²) in [5, 5.41) is 12.9. The number of hydrogen-bond donors (Lipinski definition) is 2. The quantitative estimate of drug-likeness (QED) is 0.809. The molecule has 0 spiro atoms. The number of anilines is 1. The zero-order chi connectivity index (χ0) is 13.8. The maximum absolute atomic E-state index is 11.5. The largest absolute Gasteiger partial charge is 0.394 e. The monoisotopic (exact) mass is 262 g/mol. The lowest BCUT2D eigenvalue weighted by Crippen LogP contribution is -2.46. The molecule has 0 aromatic heterocycles. The van der Waals surface area contributed by atoms with Gasteiger partial charge < -0.3 is 15.3 Å². The van der Waals surface area contributed by atoms with Gasteiger partial charge in [0.15, 0.2) is 5.78 Å². The molecule has 4 nitrogen and oxygen atoms in total. The SMILES string of the molecule is CC(=O)c1cccc(N2C(C)CCNCC2CO)c1. The summed E-state index contributed by atoms with van der Waals surface area (Å²) in [4.78, 5) is 13.7. The first-order chi connectivity index (χ1) is 9.13. The first kappa shape index (κ1) is 14.0. The average molecular weight is 262 g/mol. The van der Waals surface area contributed by atoms with Crippen LogP contribution in [0.5, 0.6) is 0 Å². The number of benzene rings is 1. The van der Waals surface area contributed by atoms with Gasteiger partial charge in [0.05, 0.1) is 12.6 Å². The fourth-order valence-corrected chi connectivity index (χ4v) is 2.68. The number of hydrogen-bond acceptors (Lipinski definition) is 4. The highest BCUT2D eigenvalue weighted by atomic mass is 16.3. The zero-order valence-electron chi connectivity index (χ0n) is 11.6. The van der Waals surface area contributed by atoms with E-state index in [9.17, 15) is 9.90 Å². The summed E-state index contributed by atoms with van der Waals surface area (Å²) in [5.41, 5.74) is 1.74. The Kier molecular flexibility index (Phi) is 4.56. The second-order valence-electron chi connectivity index (χ2n) is 5.19. The highest BCUT2D eigenvalue weighted by Gasteiger charge is 2.26. The third-order valence-corrected chi connectivity index (χ3v) is 3.75. The Morgan fingerprint density at radius 2 is 2.32 bits per heavy atom. The molecule has 1 aliphatic rings. The van der Waals surface area contributed by atoms with Gasteiger partial charge in [-0.15, -0.1) is 0 Å². The van der Waals surface area contributed by atoms with E-state index in [1.54, 1.807) is 6.92 Å². The van der Waals surface area contributed by atoms with E-state index in [1.807, 2.05) is 24.3 Å². The van der Waals surface area contributed by atoms with E-state index in [1.165, 1.54) is 0 Å². The number of ketones is 1. The molecule has 104 valence electrons. The number of nitrogens with one attached hydrogen (secondary N) is 1. The van der Waals surface area contributed by atoms with Crippen LogP contribution < -0.4 is 10.2 Å². The number of nitrogens with zero attached hydrogens (tertiary/aromatic N) is 1. The molecule has 19 heavy (non-hydrogen) atoms. The molecule has 1 heterocycles. The molecule has 1 aliphatic heterocycles. The van der Waals surface area contributed by atoms with Gasteiger partial charge in [-0.05, 0) is 38.9 Å². The minimum atomic E-state index is 0.0553. The van der Waals surface area contributed by atoms with Crippen molar-refractivity contribution in [3.05, 3.63) is 29.8 Å². The molecule has 4 heteroatoms. The van der Waals surface area contributed by atoms with Gasteiger partial charge in [0, 0.05) is 23.8 Å². The third-order valence-electron chi connectivity index (χ3n) is 3.75. The average Bonchev–Trinajstić information content (AvgIpc) is 2.60. The molecule has 2 unspecified atom stereocenters. The summed E-state index contributed by atoms with van der Waals surface area (Å²) in [7, 11) is 0. The Morgan fingerprint density at radius 3 is 3.00 bits per heavy atom. The van der Waals surface area contributed by atoms with Gasteiger partial charge in [0.25, 0.3) is 0 Å². The summed E-state index contributed by atoms with van der Waals surface area (Å²) < 4.78 is 0. The van der Waals surface area contributed by atoms with Crippen molar-refractivity contribution >= 4 is 11.5 Å². The van der Waals surface area contributed by atoms with Crippen LogP contribution in [0.4, 0.5) is 5.69 Å². The van der Waals surface area contributed by atoms with Gasteiger partial charge in [-0.1, -0.05) is 12.1 Å². The molecule has 0 radical (unpaired) electrons. The number of aliphatic hydroxyl groups excluding tert-OH is 1. The van der Waals surface area contributed by atoms with Gasteiger partial charge in [0.2, 0.25) is 0 Å². The maximum Gasteiger partial charge on any atom is 0.159 e. The summed E-state index contributed by atoms with van der Waals surface area (Å²) in [6, 6.07) is 8.07. The molecule has 0 saturated carbocycles. The van der Waals surface area contributed by atoms with Crippen LogP contribution in [-0.4, -0.2) is 42.7 Å². The molecule has 0 bridgehead atoms. The van der Waals surface area contributed by atoms with E-state index in [-0.39, 0.29) is 18.4 Å². The van der Waals surface area contributed by atoms with E-state index in [0.29, 0.717) is 6.04 Å². The molecular formula is C15H22N2O2. The first-order valence-electron chi connectivity index (χ1n) is 6.84. The van der Waals surface area contributed by atoms with Crippen molar-refractivity contribution in [3.63, 3.8) is 0 Å².